The molecule has 1 aromatic heterocycles. The molecule has 0 spiro atoms. The van der Waals surface area contributed by atoms with E-state index in [2.05, 4.69) is 158 Å². The first-order chi connectivity index (χ1) is 23.8. The predicted octanol–water partition coefficient (Wildman–Crippen LogP) is 12.3. The third-order valence-electron chi connectivity index (χ3n) is 8.83. The Morgan fingerprint density at radius 3 is 1.75 bits per heavy atom. The van der Waals surface area contributed by atoms with Gasteiger partial charge in [0.25, 0.3) is 0 Å². The minimum Gasteiger partial charge on any atom is -0.456 e. The fourth-order valence-corrected chi connectivity index (χ4v) is 6.33. The van der Waals surface area contributed by atoms with Crippen LogP contribution in [0.1, 0.15) is 16.7 Å². The lowest BCUT2D eigenvalue weighted by Gasteiger charge is -2.08. The lowest BCUT2D eigenvalue weighted by atomic mass is 9.96. The van der Waals surface area contributed by atoms with Crippen molar-refractivity contribution in [1.82, 2.24) is 0 Å². The molecule has 228 valence electrons. The average molecular weight is 616 g/mol. The van der Waals surface area contributed by atoms with Crippen LogP contribution in [0.3, 0.4) is 0 Å². The summed E-state index contributed by atoms with van der Waals surface area (Å²) in [5.74, 6) is 0. The molecule has 0 bridgehead atoms. The van der Waals surface area contributed by atoms with Crippen LogP contribution in [0.5, 0.6) is 0 Å². The van der Waals surface area contributed by atoms with Crippen LogP contribution in [0.25, 0.3) is 61.0 Å². The molecule has 0 amide bonds. The quantitative estimate of drug-likeness (QED) is 0.156. The SMILES string of the molecule is C(=N/C(=C\Cc1ccccc1)c1ccccc1)c1cccc2oc3ccc(-c4ccc(-c5cccc(-c6ccccc6)c5)cc4)cc3c12. The molecule has 2 heteroatoms. The summed E-state index contributed by atoms with van der Waals surface area (Å²) in [5.41, 5.74) is 13.2. The summed E-state index contributed by atoms with van der Waals surface area (Å²) < 4.78 is 6.33. The van der Waals surface area contributed by atoms with Crippen LogP contribution in [0, 0.1) is 0 Å². The second-order valence-corrected chi connectivity index (χ2v) is 12.0. The smallest absolute Gasteiger partial charge is 0.136 e. The van der Waals surface area contributed by atoms with Crippen molar-refractivity contribution in [3.63, 3.8) is 0 Å². The van der Waals surface area contributed by atoms with Crippen molar-refractivity contribution in [2.75, 3.05) is 0 Å². The van der Waals surface area contributed by atoms with Crippen LogP contribution in [0.2, 0.25) is 0 Å². The first kappa shape index (κ1) is 29.2. The highest BCUT2D eigenvalue weighted by Gasteiger charge is 2.12. The van der Waals surface area contributed by atoms with E-state index in [4.69, 9.17) is 9.41 Å². The first-order valence-electron chi connectivity index (χ1n) is 16.3. The van der Waals surface area contributed by atoms with Crippen molar-refractivity contribution < 1.29 is 4.42 Å². The topological polar surface area (TPSA) is 25.5 Å². The standard InChI is InChI=1S/C46H33NO/c1-4-12-33(13-5-1)22-28-43(37-16-8-3-9-17-37)47-32-41-20-11-21-45-46(41)42-31-40(27-29-44(42)48-45)36-25-23-35(24-26-36)39-19-10-18-38(30-39)34-14-6-2-7-15-34/h1-21,23-32H,22H2/b43-28-,47-32?. The molecule has 0 fully saturated rings. The van der Waals surface area contributed by atoms with Crippen LogP contribution in [-0.4, -0.2) is 6.21 Å². The Kier molecular flexibility index (Phi) is 8.04. The highest BCUT2D eigenvalue weighted by molar-refractivity contribution is 6.14. The van der Waals surface area contributed by atoms with Gasteiger partial charge >= 0.3 is 0 Å². The fraction of sp³-hybridized carbons (Fsp3) is 0.0217. The molecule has 0 atom stereocenters. The van der Waals surface area contributed by atoms with Crippen molar-refractivity contribution in [2.45, 2.75) is 6.42 Å². The summed E-state index contributed by atoms with van der Waals surface area (Å²) in [5, 5.41) is 2.15. The lowest BCUT2D eigenvalue weighted by Crippen LogP contribution is -1.88. The van der Waals surface area contributed by atoms with Gasteiger partial charge in [-0.25, -0.2) is 0 Å². The maximum atomic E-state index is 6.33. The molecule has 0 aliphatic heterocycles. The molecule has 0 aliphatic carbocycles. The maximum absolute atomic E-state index is 6.33. The van der Waals surface area contributed by atoms with E-state index in [0.717, 1.165) is 56.3 Å². The number of rotatable bonds is 8. The molecule has 8 aromatic rings. The van der Waals surface area contributed by atoms with Gasteiger partial charge < -0.3 is 4.42 Å². The van der Waals surface area contributed by atoms with Crippen molar-refractivity contribution >= 4 is 33.9 Å². The maximum Gasteiger partial charge on any atom is 0.136 e. The molecule has 8 rings (SSSR count). The second kappa shape index (κ2) is 13.2. The first-order valence-corrected chi connectivity index (χ1v) is 16.3. The summed E-state index contributed by atoms with van der Waals surface area (Å²) in [7, 11) is 0. The van der Waals surface area contributed by atoms with Crippen LogP contribution in [-0.2, 0) is 6.42 Å². The molecule has 2 nitrogen and oxygen atoms in total. The molecule has 1 heterocycles. The number of fused-ring (bicyclic) bond motifs is 3. The number of furan rings is 1. The summed E-state index contributed by atoms with van der Waals surface area (Å²) in [6.45, 7) is 0. The van der Waals surface area contributed by atoms with Crippen molar-refractivity contribution in [2.24, 2.45) is 4.99 Å². The van der Waals surface area contributed by atoms with Gasteiger partial charge in [-0.15, -0.1) is 0 Å². The molecule has 48 heavy (non-hydrogen) atoms. The number of aliphatic imine (C=N–C) groups is 1. The highest BCUT2D eigenvalue weighted by atomic mass is 16.3. The Bertz CT molecular complexity index is 2380. The minimum atomic E-state index is 0.807. The number of benzene rings is 7. The van der Waals surface area contributed by atoms with Gasteiger partial charge in [0.05, 0.1) is 5.70 Å². The molecular formula is C46H33NO. The predicted molar refractivity (Wildman–Crippen MR) is 202 cm³/mol. The largest absolute Gasteiger partial charge is 0.456 e. The van der Waals surface area contributed by atoms with Crippen LogP contribution >= 0.6 is 0 Å². The van der Waals surface area contributed by atoms with Crippen LogP contribution in [0.4, 0.5) is 0 Å². The van der Waals surface area contributed by atoms with Crippen molar-refractivity contribution in [3.05, 3.63) is 199 Å². The highest BCUT2D eigenvalue weighted by Crippen LogP contribution is 2.35. The van der Waals surface area contributed by atoms with Gasteiger partial charge in [0.1, 0.15) is 11.2 Å². The summed E-state index contributed by atoms with van der Waals surface area (Å²) in [6, 6.07) is 61.6. The zero-order valence-corrected chi connectivity index (χ0v) is 26.5. The zero-order valence-electron chi connectivity index (χ0n) is 26.5. The normalized spacial score (nSPS) is 11.9. The van der Waals surface area contributed by atoms with E-state index in [9.17, 15) is 0 Å². The van der Waals surface area contributed by atoms with E-state index in [-0.39, 0.29) is 0 Å². The van der Waals surface area contributed by atoms with Gasteiger partial charge in [-0.1, -0.05) is 158 Å². The van der Waals surface area contributed by atoms with Gasteiger partial charge in [0.15, 0.2) is 0 Å². The van der Waals surface area contributed by atoms with E-state index < -0.39 is 0 Å². The molecule has 7 aromatic carbocycles. The molecule has 0 saturated heterocycles. The summed E-state index contributed by atoms with van der Waals surface area (Å²) >= 11 is 0. The van der Waals surface area contributed by atoms with Gasteiger partial charge in [0.2, 0.25) is 0 Å². The van der Waals surface area contributed by atoms with E-state index in [1.165, 1.54) is 27.8 Å². The molecule has 0 radical (unpaired) electrons. The van der Waals surface area contributed by atoms with Crippen molar-refractivity contribution in [3.8, 4) is 33.4 Å². The van der Waals surface area contributed by atoms with Gasteiger partial charge in [-0.3, -0.25) is 4.99 Å². The number of hydrogen-bond acceptors (Lipinski definition) is 2. The average Bonchev–Trinajstić information content (AvgIpc) is 3.55. The molecule has 0 N–H and O–H groups in total. The summed E-state index contributed by atoms with van der Waals surface area (Å²) in [6.07, 6.45) is 4.99. The van der Waals surface area contributed by atoms with Gasteiger partial charge in [-0.2, -0.15) is 0 Å². The number of nitrogens with zero attached hydrogens (tertiary/aromatic N) is 1. The Balaban J connectivity index is 1.12. The summed E-state index contributed by atoms with van der Waals surface area (Å²) in [4.78, 5) is 5.05. The Morgan fingerprint density at radius 1 is 0.479 bits per heavy atom. The Labute approximate surface area is 281 Å². The minimum absolute atomic E-state index is 0.807. The second-order valence-electron chi connectivity index (χ2n) is 12.0. The van der Waals surface area contributed by atoms with Crippen LogP contribution < -0.4 is 0 Å². The van der Waals surface area contributed by atoms with E-state index >= 15 is 0 Å². The Hall–Kier alpha value is -6.25. The van der Waals surface area contributed by atoms with E-state index in [0.29, 0.717) is 0 Å². The Morgan fingerprint density at radius 2 is 1.04 bits per heavy atom. The van der Waals surface area contributed by atoms with E-state index in [1.807, 2.05) is 30.5 Å². The molecule has 0 saturated carbocycles. The third-order valence-corrected chi connectivity index (χ3v) is 8.83. The molecule has 0 unspecified atom stereocenters. The van der Waals surface area contributed by atoms with Gasteiger partial charge in [0, 0.05) is 22.6 Å². The number of allylic oxidation sites excluding steroid dienone is 1. The van der Waals surface area contributed by atoms with Crippen LogP contribution in [0.15, 0.2) is 191 Å². The monoisotopic (exact) mass is 615 g/mol. The third kappa shape index (κ3) is 6.12. The molecular weight excluding hydrogens is 583 g/mol. The molecule has 0 aliphatic rings. The number of hydrogen-bond donors (Lipinski definition) is 0. The van der Waals surface area contributed by atoms with E-state index in [1.54, 1.807) is 0 Å². The fourth-order valence-electron chi connectivity index (χ4n) is 6.33. The lowest BCUT2D eigenvalue weighted by molar-refractivity contribution is 0.669. The van der Waals surface area contributed by atoms with Crippen molar-refractivity contribution in [1.29, 1.82) is 0 Å². The zero-order chi connectivity index (χ0) is 32.1. The van der Waals surface area contributed by atoms with Gasteiger partial charge in [-0.05, 0) is 75.2 Å².